The van der Waals surface area contributed by atoms with Crippen LogP contribution in [0, 0.1) is 6.07 Å². The van der Waals surface area contributed by atoms with E-state index in [1.807, 2.05) is 30.5 Å². The number of phenolic OH excluding ortho intramolecular Hbond substituents is 1. The first-order valence-corrected chi connectivity index (χ1v) is 14.0. The molecule has 0 amide bonds. The molecular weight excluding hydrogens is 710 g/mol. The molecule has 0 atom stereocenters. The average molecular weight is 732 g/mol. The number of fused-ring (bicyclic) bond motifs is 11. The molecule has 0 fully saturated rings. The molecule has 4 nitrogen and oxygen atoms in total. The van der Waals surface area contributed by atoms with E-state index in [-0.39, 0.29) is 26.8 Å². The van der Waals surface area contributed by atoms with Gasteiger partial charge in [-0.2, -0.15) is 0 Å². The van der Waals surface area contributed by atoms with Crippen LogP contribution in [-0.4, -0.2) is 19.6 Å². The summed E-state index contributed by atoms with van der Waals surface area (Å²) in [5.74, 6) is 0.211. The van der Waals surface area contributed by atoms with Gasteiger partial charge in [-0.05, 0) is 51.6 Å². The molecule has 0 saturated heterocycles. The van der Waals surface area contributed by atoms with Crippen LogP contribution < -0.4 is 0 Å². The minimum Gasteiger partial charge on any atom is -0.507 e. The van der Waals surface area contributed by atoms with Gasteiger partial charge in [-0.3, -0.25) is 4.98 Å². The Labute approximate surface area is 261 Å². The molecule has 0 aliphatic rings. The van der Waals surface area contributed by atoms with Gasteiger partial charge in [0.25, 0.3) is 0 Å². The number of nitrogens with zero attached hydrogens (tertiary/aromatic N) is 3. The molecule has 0 saturated carbocycles. The fourth-order valence-corrected chi connectivity index (χ4v) is 6.51. The Morgan fingerprint density at radius 2 is 1.28 bits per heavy atom. The Kier molecular flexibility index (Phi) is 5.82. The Morgan fingerprint density at radius 1 is 0.605 bits per heavy atom. The SMILES string of the molecule is Oc1ccccc1-c1ccc2c3ccccc3c3ccc(-n4c5ccccc5c5c6ccccc6cnc54)[c-]c3c2n1.[Pt]. The summed E-state index contributed by atoms with van der Waals surface area (Å²) in [6.07, 6.45) is 1.96. The zero-order chi connectivity index (χ0) is 27.8. The number of para-hydroxylation sites is 2. The van der Waals surface area contributed by atoms with Crippen molar-refractivity contribution < 1.29 is 26.2 Å². The largest absolute Gasteiger partial charge is 0.507 e. The van der Waals surface area contributed by atoms with Crippen LogP contribution in [0.5, 0.6) is 5.75 Å². The minimum atomic E-state index is 0. The molecule has 206 valence electrons. The summed E-state index contributed by atoms with van der Waals surface area (Å²) in [4.78, 5) is 10.1. The molecular formula is C38H22N3OPt-. The van der Waals surface area contributed by atoms with Crippen molar-refractivity contribution in [3.05, 3.63) is 134 Å². The van der Waals surface area contributed by atoms with E-state index in [0.717, 1.165) is 71.2 Å². The number of hydrogen-bond acceptors (Lipinski definition) is 3. The molecule has 6 aromatic carbocycles. The van der Waals surface area contributed by atoms with Gasteiger partial charge < -0.3 is 9.67 Å². The molecule has 0 aliphatic carbocycles. The van der Waals surface area contributed by atoms with Crippen LogP contribution in [0.25, 0.3) is 82.1 Å². The van der Waals surface area contributed by atoms with E-state index in [1.165, 1.54) is 5.39 Å². The van der Waals surface area contributed by atoms with E-state index in [2.05, 4.69) is 102 Å². The van der Waals surface area contributed by atoms with Crippen LogP contribution >= 0.6 is 0 Å². The topological polar surface area (TPSA) is 50.9 Å². The van der Waals surface area contributed by atoms with Gasteiger partial charge in [-0.25, -0.2) is 4.98 Å². The maximum atomic E-state index is 10.6. The normalized spacial score (nSPS) is 11.6. The molecule has 9 rings (SSSR count). The second-order valence-corrected chi connectivity index (χ2v) is 10.7. The Morgan fingerprint density at radius 3 is 2.12 bits per heavy atom. The number of phenols is 1. The molecule has 43 heavy (non-hydrogen) atoms. The van der Waals surface area contributed by atoms with Gasteiger partial charge >= 0.3 is 0 Å². The van der Waals surface area contributed by atoms with Crippen molar-refractivity contribution in [2.45, 2.75) is 0 Å². The molecule has 5 heteroatoms. The summed E-state index contributed by atoms with van der Waals surface area (Å²) >= 11 is 0. The third-order valence-electron chi connectivity index (χ3n) is 8.40. The van der Waals surface area contributed by atoms with Crippen molar-refractivity contribution in [2.24, 2.45) is 0 Å². The van der Waals surface area contributed by atoms with Crippen LogP contribution in [0.1, 0.15) is 0 Å². The van der Waals surface area contributed by atoms with E-state index >= 15 is 0 Å². The molecule has 9 aromatic rings. The van der Waals surface area contributed by atoms with Crippen molar-refractivity contribution >= 4 is 65.2 Å². The fourth-order valence-electron chi connectivity index (χ4n) is 6.51. The average Bonchev–Trinajstić information content (AvgIpc) is 3.39. The molecule has 0 spiro atoms. The second kappa shape index (κ2) is 9.76. The van der Waals surface area contributed by atoms with Gasteiger partial charge in [0.05, 0.1) is 11.2 Å². The maximum Gasteiger partial charge on any atom is 0.144 e. The van der Waals surface area contributed by atoms with E-state index < -0.39 is 0 Å². The second-order valence-electron chi connectivity index (χ2n) is 10.7. The van der Waals surface area contributed by atoms with Gasteiger partial charge in [0, 0.05) is 49.0 Å². The van der Waals surface area contributed by atoms with Crippen molar-refractivity contribution in [2.75, 3.05) is 0 Å². The smallest absolute Gasteiger partial charge is 0.144 e. The van der Waals surface area contributed by atoms with E-state index in [1.54, 1.807) is 6.07 Å². The first-order chi connectivity index (χ1) is 20.8. The number of pyridine rings is 2. The van der Waals surface area contributed by atoms with Crippen LogP contribution in [0.15, 0.2) is 128 Å². The zero-order valence-corrected chi connectivity index (χ0v) is 25.0. The molecule has 0 radical (unpaired) electrons. The molecule has 3 heterocycles. The predicted molar refractivity (Wildman–Crippen MR) is 172 cm³/mol. The van der Waals surface area contributed by atoms with Crippen LogP contribution in [-0.2, 0) is 21.1 Å². The predicted octanol–water partition coefficient (Wildman–Crippen LogP) is 9.36. The number of benzene rings is 6. The number of aromatic nitrogens is 3. The van der Waals surface area contributed by atoms with Crippen LogP contribution in [0.3, 0.4) is 0 Å². The summed E-state index contributed by atoms with van der Waals surface area (Å²) in [7, 11) is 0. The summed E-state index contributed by atoms with van der Waals surface area (Å²) in [6, 6.07) is 44.9. The van der Waals surface area contributed by atoms with Crippen molar-refractivity contribution in [1.82, 2.24) is 14.5 Å². The Balaban J connectivity index is 0.00000278. The third kappa shape index (κ3) is 3.73. The van der Waals surface area contributed by atoms with E-state index in [9.17, 15) is 5.11 Å². The Hall–Kier alpha value is -5.05. The van der Waals surface area contributed by atoms with Gasteiger partial charge in [-0.1, -0.05) is 95.7 Å². The van der Waals surface area contributed by atoms with E-state index in [0.29, 0.717) is 5.56 Å². The van der Waals surface area contributed by atoms with Crippen molar-refractivity contribution in [3.8, 4) is 22.7 Å². The van der Waals surface area contributed by atoms with Gasteiger partial charge in [0.1, 0.15) is 11.4 Å². The number of aromatic hydroxyl groups is 1. The molecule has 0 unspecified atom stereocenters. The van der Waals surface area contributed by atoms with Crippen molar-refractivity contribution in [3.63, 3.8) is 0 Å². The third-order valence-corrected chi connectivity index (χ3v) is 8.40. The molecule has 3 aromatic heterocycles. The summed E-state index contributed by atoms with van der Waals surface area (Å²) in [5, 5.41) is 20.6. The molecule has 0 aliphatic heterocycles. The standard InChI is InChI=1S/C38H22N3O.Pt/c42-35-16-8-6-13-30(35)33-20-19-29-27-12-4-3-11-26(27)28-18-17-24(21-32(28)37(29)40-33)41-34-15-7-5-14-31(34)36-25-10-2-1-9-23(25)22-39-38(36)41;/h1-20,22,42H;/q-1;. The quantitative estimate of drug-likeness (QED) is 0.143. The van der Waals surface area contributed by atoms with Gasteiger partial charge in [0.2, 0.25) is 0 Å². The monoisotopic (exact) mass is 731 g/mol. The summed E-state index contributed by atoms with van der Waals surface area (Å²) in [5.41, 5.74) is 5.17. The zero-order valence-electron chi connectivity index (χ0n) is 22.7. The fraction of sp³-hybridized carbons (Fsp3) is 0. The number of hydrogen-bond donors (Lipinski definition) is 1. The van der Waals surface area contributed by atoms with Crippen LogP contribution in [0.2, 0.25) is 0 Å². The minimum absolute atomic E-state index is 0. The Bertz CT molecular complexity index is 2550. The summed E-state index contributed by atoms with van der Waals surface area (Å²) < 4.78 is 2.21. The summed E-state index contributed by atoms with van der Waals surface area (Å²) in [6.45, 7) is 0. The van der Waals surface area contributed by atoms with Gasteiger partial charge in [0.15, 0.2) is 0 Å². The number of rotatable bonds is 2. The van der Waals surface area contributed by atoms with Gasteiger partial charge in [-0.15, -0.1) is 23.6 Å². The van der Waals surface area contributed by atoms with Crippen molar-refractivity contribution in [1.29, 1.82) is 0 Å². The first kappa shape index (κ1) is 25.6. The maximum absolute atomic E-state index is 10.6. The van der Waals surface area contributed by atoms with Crippen LogP contribution in [0.4, 0.5) is 0 Å². The first-order valence-electron chi connectivity index (χ1n) is 14.0. The van der Waals surface area contributed by atoms with E-state index in [4.69, 9.17) is 9.97 Å². The molecule has 0 bridgehead atoms. The molecule has 1 N–H and O–H groups in total.